The van der Waals surface area contributed by atoms with Gasteiger partial charge >= 0.3 is 17.1 Å². The number of hydrogen-bond donors (Lipinski definition) is 1. The van der Waals surface area contributed by atoms with E-state index in [9.17, 15) is 30.8 Å². The monoisotopic (exact) mass is 280 g/mol. The first-order chi connectivity index (χ1) is 7.65. The third-order valence-electron chi connectivity index (χ3n) is 1.86. The van der Waals surface area contributed by atoms with Crippen LogP contribution in [-0.4, -0.2) is 32.2 Å². The lowest BCUT2D eigenvalue weighted by Gasteiger charge is -2.21. The zero-order chi connectivity index (χ0) is 13.7. The van der Waals surface area contributed by atoms with E-state index in [2.05, 4.69) is 4.74 Å². The van der Waals surface area contributed by atoms with Crippen LogP contribution >= 0.6 is 0 Å². The number of alkyl halides is 4. The molecule has 0 radical (unpaired) electrons. The fourth-order valence-corrected chi connectivity index (χ4v) is 1.25. The Hall–Kier alpha value is -0.860. The van der Waals surface area contributed by atoms with Gasteiger partial charge in [-0.25, -0.2) is 8.42 Å². The number of thiol groups is 1. The van der Waals surface area contributed by atoms with Gasteiger partial charge in [-0.15, -0.1) is 0 Å². The Bertz CT molecular complexity index is 332. The molecule has 4 nitrogen and oxygen atoms in total. The van der Waals surface area contributed by atoms with Crippen molar-refractivity contribution in [2.24, 2.45) is 0 Å². The molecular weight excluding hydrogens is 268 g/mol. The summed E-state index contributed by atoms with van der Waals surface area (Å²) in [6, 6.07) is 0. The maximum atomic E-state index is 12.8. The fourth-order valence-electron chi connectivity index (χ4n) is 0.866. The smallest absolute Gasteiger partial charge is 0.404 e. The Balaban J connectivity index is 4.24. The van der Waals surface area contributed by atoms with Crippen molar-refractivity contribution in [2.75, 3.05) is 6.61 Å². The van der Waals surface area contributed by atoms with E-state index in [0.717, 1.165) is 0 Å². The highest BCUT2D eigenvalue weighted by atomic mass is 32.2. The van der Waals surface area contributed by atoms with Crippen molar-refractivity contribution in [2.45, 2.75) is 37.4 Å². The van der Waals surface area contributed by atoms with Gasteiger partial charge in [0, 0.05) is 12.8 Å². The van der Waals surface area contributed by atoms with Crippen LogP contribution in [0.15, 0.2) is 0 Å². The maximum absolute atomic E-state index is 12.8. The van der Waals surface area contributed by atoms with Crippen LogP contribution in [0.5, 0.6) is 0 Å². The minimum absolute atomic E-state index is 0.0406. The number of ether oxygens (including phenoxy) is 1. The van der Waals surface area contributed by atoms with Crippen molar-refractivity contribution >= 4 is 16.7 Å². The molecule has 0 aliphatic carbocycles. The van der Waals surface area contributed by atoms with Gasteiger partial charge in [-0.05, 0) is 6.42 Å². The lowest BCUT2D eigenvalue weighted by molar-refractivity contribution is -0.163. The Morgan fingerprint density at radius 1 is 1.24 bits per heavy atom. The zero-order valence-electron chi connectivity index (χ0n) is 8.92. The summed E-state index contributed by atoms with van der Waals surface area (Å²) in [5.41, 5.74) is 0. The SMILES string of the molecule is CCC(=O)OCCCC(F)(F)C(F)(F)[SH](=O)=O. The molecule has 0 aromatic rings. The average molecular weight is 280 g/mol. The van der Waals surface area contributed by atoms with Crippen LogP contribution in [0.2, 0.25) is 0 Å². The van der Waals surface area contributed by atoms with Gasteiger partial charge in [0.1, 0.15) is 0 Å². The highest BCUT2D eigenvalue weighted by molar-refractivity contribution is 7.73. The van der Waals surface area contributed by atoms with Crippen molar-refractivity contribution in [3.05, 3.63) is 0 Å². The van der Waals surface area contributed by atoms with E-state index in [-0.39, 0.29) is 6.42 Å². The number of rotatable bonds is 7. The summed E-state index contributed by atoms with van der Waals surface area (Å²) in [4.78, 5) is 10.6. The van der Waals surface area contributed by atoms with Crippen LogP contribution in [0, 0.1) is 0 Å². The van der Waals surface area contributed by atoms with Crippen molar-refractivity contribution in [3.8, 4) is 0 Å². The first-order valence-electron chi connectivity index (χ1n) is 4.71. The summed E-state index contributed by atoms with van der Waals surface area (Å²) in [6.45, 7) is 1.03. The van der Waals surface area contributed by atoms with Gasteiger partial charge in [0.25, 0.3) is 0 Å². The number of hydrogen-bond acceptors (Lipinski definition) is 4. The number of halogens is 4. The molecule has 9 heteroatoms. The minimum atomic E-state index is -5.09. The zero-order valence-corrected chi connectivity index (χ0v) is 9.81. The molecule has 0 saturated carbocycles. The van der Waals surface area contributed by atoms with E-state index >= 15 is 0 Å². The van der Waals surface area contributed by atoms with Crippen molar-refractivity contribution in [1.29, 1.82) is 0 Å². The molecule has 0 amide bonds. The highest BCUT2D eigenvalue weighted by Gasteiger charge is 2.58. The second-order valence-electron chi connectivity index (χ2n) is 3.18. The summed E-state index contributed by atoms with van der Waals surface area (Å²) < 4.78 is 75.0. The topological polar surface area (TPSA) is 60.4 Å². The molecule has 0 bridgehead atoms. The summed E-state index contributed by atoms with van der Waals surface area (Å²) in [5.74, 6) is -5.31. The summed E-state index contributed by atoms with van der Waals surface area (Å²) >= 11 is 0. The molecule has 0 atom stereocenters. The van der Waals surface area contributed by atoms with E-state index in [1.165, 1.54) is 6.92 Å². The Labute approximate surface area is 96.9 Å². The normalized spacial score (nSPS) is 12.8. The van der Waals surface area contributed by atoms with E-state index in [4.69, 9.17) is 0 Å². The second-order valence-corrected chi connectivity index (χ2v) is 4.26. The summed E-state index contributed by atoms with van der Waals surface area (Å²) in [6.07, 6.45) is -1.88. The Morgan fingerprint density at radius 2 is 1.76 bits per heavy atom. The van der Waals surface area contributed by atoms with Gasteiger partial charge in [-0.1, -0.05) is 6.92 Å². The van der Waals surface area contributed by atoms with Crippen LogP contribution in [0.25, 0.3) is 0 Å². The van der Waals surface area contributed by atoms with E-state index in [1.807, 2.05) is 0 Å². The van der Waals surface area contributed by atoms with E-state index in [0.29, 0.717) is 0 Å². The quantitative estimate of drug-likeness (QED) is 0.333. The molecular formula is C8H12F4O4S. The van der Waals surface area contributed by atoms with Crippen molar-refractivity contribution < 1.29 is 35.5 Å². The molecule has 0 N–H and O–H groups in total. The van der Waals surface area contributed by atoms with Gasteiger partial charge in [0.15, 0.2) is 0 Å². The lowest BCUT2D eigenvalue weighted by Crippen LogP contribution is -2.41. The van der Waals surface area contributed by atoms with E-state index in [1.54, 1.807) is 0 Å². The first-order valence-corrected chi connectivity index (χ1v) is 5.88. The Kier molecular flexibility index (Phi) is 5.86. The molecule has 0 rings (SSSR count). The van der Waals surface area contributed by atoms with Gasteiger partial charge < -0.3 is 4.74 Å². The predicted octanol–water partition coefficient (Wildman–Crippen LogP) is 1.56. The van der Waals surface area contributed by atoms with Crippen LogP contribution < -0.4 is 0 Å². The summed E-state index contributed by atoms with van der Waals surface area (Å²) in [5, 5.41) is -5.09. The average Bonchev–Trinajstić information content (AvgIpc) is 2.23. The van der Waals surface area contributed by atoms with Crippen LogP contribution in [0.4, 0.5) is 17.6 Å². The second kappa shape index (κ2) is 6.18. The molecule has 0 unspecified atom stereocenters. The number of carbonyl (C=O) groups excluding carboxylic acids is 1. The van der Waals surface area contributed by atoms with Crippen molar-refractivity contribution in [3.63, 3.8) is 0 Å². The molecule has 0 heterocycles. The van der Waals surface area contributed by atoms with Gasteiger partial charge in [-0.2, -0.15) is 17.6 Å². The van der Waals surface area contributed by atoms with Crippen molar-refractivity contribution in [1.82, 2.24) is 0 Å². The maximum Gasteiger partial charge on any atom is 0.404 e. The van der Waals surface area contributed by atoms with Gasteiger partial charge in [0.2, 0.25) is 10.7 Å². The molecule has 0 aliphatic heterocycles. The standard InChI is InChI=1S/C8H12F4O4S/c1-2-6(13)16-5-3-4-7(9,10)8(11,12)17(14)15/h17H,2-5H2,1H3. The predicted molar refractivity (Wildman–Crippen MR) is 50.7 cm³/mol. The Morgan fingerprint density at radius 3 is 2.18 bits per heavy atom. The molecule has 102 valence electrons. The molecule has 0 aromatic carbocycles. The van der Waals surface area contributed by atoms with Crippen LogP contribution in [-0.2, 0) is 20.2 Å². The first kappa shape index (κ1) is 16.1. The molecule has 0 aliphatic rings. The molecule has 0 saturated heterocycles. The molecule has 17 heavy (non-hydrogen) atoms. The third-order valence-corrected chi connectivity index (χ3v) is 2.64. The van der Waals surface area contributed by atoms with Crippen LogP contribution in [0.1, 0.15) is 26.2 Å². The van der Waals surface area contributed by atoms with Gasteiger partial charge in [0.05, 0.1) is 6.61 Å². The van der Waals surface area contributed by atoms with Gasteiger partial charge in [-0.3, -0.25) is 4.79 Å². The third kappa shape index (κ3) is 4.49. The lowest BCUT2D eigenvalue weighted by atomic mass is 10.2. The fraction of sp³-hybridized carbons (Fsp3) is 0.875. The molecule has 0 fully saturated rings. The molecule has 0 spiro atoms. The largest absolute Gasteiger partial charge is 0.466 e. The van der Waals surface area contributed by atoms with Crippen LogP contribution in [0.3, 0.4) is 0 Å². The highest BCUT2D eigenvalue weighted by Crippen LogP contribution is 2.38. The summed E-state index contributed by atoms with van der Waals surface area (Å²) in [7, 11) is -4.56. The van der Waals surface area contributed by atoms with E-state index < -0.39 is 47.3 Å². The molecule has 0 aromatic heterocycles. The minimum Gasteiger partial charge on any atom is -0.466 e. The number of esters is 1. The number of carbonyl (C=O) groups is 1.